The van der Waals surface area contributed by atoms with Gasteiger partial charge >= 0.3 is 0 Å². The van der Waals surface area contributed by atoms with Crippen LogP contribution in [0.4, 0.5) is 0 Å². The normalized spacial score (nSPS) is 20.1. The van der Waals surface area contributed by atoms with Gasteiger partial charge in [-0.25, -0.2) is 0 Å². The van der Waals surface area contributed by atoms with Crippen molar-refractivity contribution >= 4 is 5.78 Å². The molecule has 0 aromatic carbocycles. The van der Waals surface area contributed by atoms with Crippen molar-refractivity contribution in [3.63, 3.8) is 0 Å². The number of hydrogen-bond donors (Lipinski definition) is 0. The number of hydrogen-bond acceptors (Lipinski definition) is 3. The minimum Gasteiger partial charge on any atom is -0.383 e. The van der Waals surface area contributed by atoms with Crippen molar-refractivity contribution in [1.29, 1.82) is 0 Å². The minimum atomic E-state index is 0.179. The lowest BCUT2D eigenvalue weighted by molar-refractivity contribution is -0.113. The number of nitrogens with zero attached hydrogens (tertiary/aromatic N) is 2. The van der Waals surface area contributed by atoms with Gasteiger partial charge in [0, 0.05) is 28.2 Å². The van der Waals surface area contributed by atoms with E-state index in [9.17, 15) is 4.79 Å². The van der Waals surface area contributed by atoms with E-state index in [0.717, 1.165) is 30.4 Å². The third-order valence-electron chi connectivity index (χ3n) is 3.28. The van der Waals surface area contributed by atoms with Gasteiger partial charge in [-0.2, -0.15) is 0 Å². The maximum absolute atomic E-state index is 12.4. The molecular weight excluding hydrogens is 284 g/mol. The van der Waals surface area contributed by atoms with Gasteiger partial charge in [0.15, 0.2) is 5.78 Å². The molecule has 1 rings (SSSR count). The van der Waals surface area contributed by atoms with E-state index in [2.05, 4.69) is 0 Å². The van der Waals surface area contributed by atoms with E-state index in [1.807, 2.05) is 99.0 Å². The zero-order valence-electron chi connectivity index (χ0n) is 14.7. The molecule has 23 heavy (non-hydrogen) atoms. The van der Waals surface area contributed by atoms with Crippen molar-refractivity contribution < 1.29 is 4.79 Å². The van der Waals surface area contributed by atoms with E-state index in [-0.39, 0.29) is 5.78 Å². The van der Waals surface area contributed by atoms with E-state index in [4.69, 9.17) is 0 Å². The van der Waals surface area contributed by atoms with Crippen molar-refractivity contribution in [3.8, 4) is 0 Å². The molecule has 0 aromatic heterocycles. The molecule has 3 nitrogen and oxygen atoms in total. The van der Waals surface area contributed by atoms with Gasteiger partial charge in [0.1, 0.15) is 0 Å². The van der Waals surface area contributed by atoms with Crippen LogP contribution in [0.3, 0.4) is 0 Å². The summed E-state index contributed by atoms with van der Waals surface area (Å²) < 4.78 is 0. The summed E-state index contributed by atoms with van der Waals surface area (Å²) in [5.41, 5.74) is 1.79. The van der Waals surface area contributed by atoms with Crippen LogP contribution < -0.4 is 0 Å². The molecule has 1 aliphatic carbocycles. The second kappa shape index (κ2) is 10.4. The van der Waals surface area contributed by atoms with Crippen LogP contribution in [0.1, 0.15) is 19.3 Å². The highest BCUT2D eigenvalue weighted by molar-refractivity contribution is 6.09. The van der Waals surface area contributed by atoms with Gasteiger partial charge in [-0.05, 0) is 55.0 Å². The van der Waals surface area contributed by atoms with Gasteiger partial charge in [-0.3, -0.25) is 4.79 Å². The van der Waals surface area contributed by atoms with Crippen LogP contribution in [0.5, 0.6) is 0 Å². The summed E-state index contributed by atoms with van der Waals surface area (Å²) in [5.74, 6) is 0.179. The zero-order chi connectivity index (χ0) is 17.1. The molecule has 0 unspecified atom stereocenters. The Kier molecular flexibility index (Phi) is 8.51. The van der Waals surface area contributed by atoms with Crippen molar-refractivity contribution in [1.82, 2.24) is 9.80 Å². The van der Waals surface area contributed by atoms with Crippen LogP contribution in [0.15, 0.2) is 72.2 Å². The van der Waals surface area contributed by atoms with Crippen molar-refractivity contribution in [3.05, 3.63) is 72.2 Å². The predicted octanol–water partition coefficient (Wildman–Crippen LogP) is 3.86. The summed E-state index contributed by atoms with van der Waals surface area (Å²) in [7, 11) is 7.91. The highest BCUT2D eigenvalue weighted by atomic mass is 16.1. The van der Waals surface area contributed by atoms with E-state index >= 15 is 0 Å². The maximum atomic E-state index is 12.4. The molecular formula is C20H28N2O. The summed E-state index contributed by atoms with van der Waals surface area (Å²) in [6, 6.07) is 0. The van der Waals surface area contributed by atoms with Gasteiger partial charge in [-0.1, -0.05) is 36.5 Å². The molecule has 1 aliphatic rings. The van der Waals surface area contributed by atoms with E-state index in [1.54, 1.807) is 0 Å². The topological polar surface area (TPSA) is 23.6 Å². The lowest BCUT2D eigenvalue weighted by Crippen LogP contribution is -2.12. The third-order valence-corrected chi connectivity index (χ3v) is 3.28. The van der Waals surface area contributed by atoms with Crippen LogP contribution in [-0.4, -0.2) is 43.8 Å². The quantitative estimate of drug-likeness (QED) is 0.550. The Morgan fingerprint density at radius 2 is 1.13 bits per heavy atom. The molecule has 0 N–H and O–H groups in total. The Labute approximate surface area is 140 Å². The van der Waals surface area contributed by atoms with Crippen molar-refractivity contribution in [2.24, 2.45) is 0 Å². The van der Waals surface area contributed by atoms with E-state index in [0.29, 0.717) is 0 Å². The predicted molar refractivity (Wildman–Crippen MR) is 99.0 cm³/mol. The van der Waals surface area contributed by atoms with Gasteiger partial charge in [0.2, 0.25) is 0 Å². The van der Waals surface area contributed by atoms with Gasteiger partial charge < -0.3 is 9.80 Å². The molecule has 0 bridgehead atoms. The highest BCUT2D eigenvalue weighted by Crippen LogP contribution is 2.24. The van der Waals surface area contributed by atoms with Crippen LogP contribution >= 0.6 is 0 Å². The molecule has 0 radical (unpaired) electrons. The largest absolute Gasteiger partial charge is 0.383 e. The van der Waals surface area contributed by atoms with Crippen LogP contribution in [0.25, 0.3) is 0 Å². The molecule has 0 saturated heterocycles. The molecule has 0 aromatic rings. The molecule has 124 valence electrons. The second-order valence-electron chi connectivity index (χ2n) is 5.95. The lowest BCUT2D eigenvalue weighted by atomic mass is 9.88. The summed E-state index contributed by atoms with van der Waals surface area (Å²) in [5, 5.41) is 0. The van der Waals surface area contributed by atoms with Crippen molar-refractivity contribution in [2.45, 2.75) is 19.3 Å². The van der Waals surface area contributed by atoms with E-state index < -0.39 is 0 Å². The third kappa shape index (κ3) is 8.05. The maximum Gasteiger partial charge on any atom is 0.184 e. The fraction of sp³-hybridized carbons (Fsp3) is 0.350. The Balaban J connectivity index is 2.67. The number of rotatable bonds is 6. The molecule has 0 atom stereocenters. The number of Topliss-reactive ketones (excluding diaryl/α,β-unsaturated/α-hetero) is 1. The Hall–Kier alpha value is -2.29. The Bertz CT molecular complexity index is 510. The average Bonchev–Trinajstić information content (AvgIpc) is 2.49. The number of allylic oxidation sites excluding steroid dienone is 10. The highest BCUT2D eigenvalue weighted by Gasteiger charge is 2.18. The van der Waals surface area contributed by atoms with Gasteiger partial charge in [0.25, 0.3) is 0 Å². The molecule has 0 aliphatic heterocycles. The molecule has 0 spiro atoms. The number of carbonyl (C=O) groups is 1. The first-order valence-electron chi connectivity index (χ1n) is 7.96. The summed E-state index contributed by atoms with van der Waals surface area (Å²) in [4.78, 5) is 16.4. The van der Waals surface area contributed by atoms with Gasteiger partial charge in [-0.15, -0.1) is 0 Å². The Morgan fingerprint density at radius 1 is 0.696 bits per heavy atom. The van der Waals surface area contributed by atoms with Crippen LogP contribution in [0, 0.1) is 0 Å². The Morgan fingerprint density at radius 3 is 1.52 bits per heavy atom. The first-order chi connectivity index (χ1) is 11.0. The molecule has 3 heteroatoms. The van der Waals surface area contributed by atoms with Crippen LogP contribution in [0.2, 0.25) is 0 Å². The fourth-order valence-electron chi connectivity index (χ4n) is 2.14. The first kappa shape index (κ1) is 18.8. The van der Waals surface area contributed by atoms with Gasteiger partial charge in [0.05, 0.1) is 0 Å². The molecule has 1 fully saturated rings. The summed E-state index contributed by atoms with van der Waals surface area (Å²) in [6.07, 6.45) is 22.3. The summed E-state index contributed by atoms with van der Waals surface area (Å²) >= 11 is 0. The monoisotopic (exact) mass is 312 g/mol. The number of ketones is 1. The second-order valence-corrected chi connectivity index (χ2v) is 5.95. The lowest BCUT2D eigenvalue weighted by Gasteiger charge is -2.15. The minimum absolute atomic E-state index is 0.179. The van der Waals surface area contributed by atoms with Crippen LogP contribution in [-0.2, 0) is 4.79 Å². The van der Waals surface area contributed by atoms with Crippen molar-refractivity contribution in [2.75, 3.05) is 28.2 Å². The number of carbonyl (C=O) groups excluding carboxylic acids is 1. The molecule has 0 amide bonds. The standard InChI is InChI=1S/C20H28N2O/c1-21(2)16-9-5-7-12-18-14-11-15-19(20(18)23)13-8-6-10-17-22(3)4/h5-10,12-13,16-17H,11,14-15H2,1-4H3/b7-5+,8-6+,16-9+,17-10+,18-12+,19-13+. The first-order valence-corrected chi connectivity index (χ1v) is 7.96. The summed E-state index contributed by atoms with van der Waals surface area (Å²) in [6.45, 7) is 0. The average molecular weight is 312 g/mol. The fourth-order valence-corrected chi connectivity index (χ4v) is 2.14. The molecule has 1 saturated carbocycles. The molecule has 0 heterocycles. The smallest absolute Gasteiger partial charge is 0.184 e. The zero-order valence-corrected chi connectivity index (χ0v) is 14.7. The van der Waals surface area contributed by atoms with E-state index in [1.165, 1.54) is 0 Å². The SMILES string of the molecule is CN(C)/C=C/C=C/C=C1\CCC\C(=C/C=C/C=C/N(C)C)C1=O.